The second-order valence-electron chi connectivity index (χ2n) is 2.84. The Bertz CT molecular complexity index is 113. The fraction of sp³-hybridized carbons (Fsp3) is 0.800. The average molecular weight is 152 g/mol. The van der Waals surface area contributed by atoms with Crippen LogP contribution in [0.5, 0.6) is 0 Å². The monoisotopic (exact) mass is 152 g/mol. The molecule has 1 nitrogen and oxygen atoms in total. The lowest BCUT2D eigenvalue weighted by molar-refractivity contribution is 0.477. The summed E-state index contributed by atoms with van der Waals surface area (Å²) >= 11 is 0. The van der Waals surface area contributed by atoms with Crippen molar-refractivity contribution in [3.05, 3.63) is 6.42 Å². The Labute approximate surface area is 70.6 Å². The fourth-order valence-corrected chi connectivity index (χ4v) is 1.13. The predicted molar refractivity (Wildman–Crippen MR) is 48.7 cm³/mol. The van der Waals surface area contributed by atoms with Crippen molar-refractivity contribution in [2.45, 2.75) is 45.1 Å². The first-order valence-corrected chi connectivity index (χ1v) is 4.42. The standard InChI is InChI=1S/C10H18N/c1-4-6-8-10(11-3)9-7-5-2/h10-11H,4,6-9H2,1,3H3. The van der Waals surface area contributed by atoms with Gasteiger partial charge >= 0.3 is 0 Å². The Hall–Kier alpha value is -0.480. The molecule has 63 valence electrons. The third-order valence-corrected chi connectivity index (χ3v) is 1.93. The van der Waals surface area contributed by atoms with Gasteiger partial charge in [-0.15, -0.1) is 0 Å². The summed E-state index contributed by atoms with van der Waals surface area (Å²) in [7, 11) is 1.99. The average Bonchev–Trinajstić information content (AvgIpc) is 2.05. The van der Waals surface area contributed by atoms with Crippen LogP contribution in [0, 0.1) is 12.3 Å². The van der Waals surface area contributed by atoms with Crippen LogP contribution >= 0.6 is 0 Å². The highest BCUT2D eigenvalue weighted by Crippen LogP contribution is 2.05. The Morgan fingerprint density at radius 3 is 2.64 bits per heavy atom. The Morgan fingerprint density at radius 1 is 1.45 bits per heavy atom. The summed E-state index contributed by atoms with van der Waals surface area (Å²) in [5.41, 5.74) is 0. The Balaban J connectivity index is 3.34. The zero-order chi connectivity index (χ0) is 8.53. The molecule has 1 N–H and O–H groups in total. The van der Waals surface area contributed by atoms with Gasteiger partial charge in [-0.1, -0.05) is 25.7 Å². The Morgan fingerprint density at radius 2 is 2.18 bits per heavy atom. The van der Waals surface area contributed by atoms with Crippen LogP contribution in [0.2, 0.25) is 0 Å². The lowest BCUT2D eigenvalue weighted by Gasteiger charge is -2.13. The number of nitrogens with one attached hydrogen (secondary N) is 1. The molecule has 0 aliphatic heterocycles. The summed E-state index contributed by atoms with van der Waals surface area (Å²) in [6.45, 7) is 2.20. The van der Waals surface area contributed by atoms with Crippen LogP contribution in [0.4, 0.5) is 0 Å². The third-order valence-electron chi connectivity index (χ3n) is 1.93. The van der Waals surface area contributed by atoms with E-state index in [1.54, 1.807) is 0 Å². The summed E-state index contributed by atoms with van der Waals surface area (Å²) in [5, 5.41) is 3.25. The van der Waals surface area contributed by atoms with Crippen LogP contribution < -0.4 is 5.32 Å². The van der Waals surface area contributed by atoms with Gasteiger partial charge in [-0.25, -0.2) is 0 Å². The van der Waals surface area contributed by atoms with Crippen LogP contribution in [0.15, 0.2) is 0 Å². The van der Waals surface area contributed by atoms with E-state index in [0.29, 0.717) is 6.04 Å². The highest BCUT2D eigenvalue weighted by atomic mass is 14.9. The van der Waals surface area contributed by atoms with E-state index in [0.717, 1.165) is 12.8 Å². The van der Waals surface area contributed by atoms with Crippen LogP contribution in [0.3, 0.4) is 0 Å². The lowest BCUT2D eigenvalue weighted by atomic mass is 10.1. The molecule has 1 atom stereocenters. The van der Waals surface area contributed by atoms with E-state index in [1.807, 2.05) is 7.05 Å². The van der Waals surface area contributed by atoms with Crippen molar-refractivity contribution in [1.82, 2.24) is 5.32 Å². The lowest BCUT2D eigenvalue weighted by Crippen LogP contribution is -2.24. The van der Waals surface area contributed by atoms with Gasteiger partial charge in [0.2, 0.25) is 0 Å². The van der Waals surface area contributed by atoms with Crippen molar-refractivity contribution in [2.24, 2.45) is 0 Å². The van der Waals surface area contributed by atoms with Gasteiger partial charge in [0.05, 0.1) is 0 Å². The molecule has 0 amide bonds. The van der Waals surface area contributed by atoms with E-state index in [9.17, 15) is 0 Å². The minimum Gasteiger partial charge on any atom is -0.317 e. The molecule has 1 heteroatoms. The molecule has 1 unspecified atom stereocenters. The molecule has 0 heterocycles. The topological polar surface area (TPSA) is 12.0 Å². The maximum Gasteiger partial charge on any atom is 0.0114 e. The van der Waals surface area contributed by atoms with Crippen molar-refractivity contribution in [2.75, 3.05) is 7.05 Å². The summed E-state index contributed by atoms with van der Waals surface area (Å²) in [4.78, 5) is 0. The third kappa shape index (κ3) is 5.94. The molecule has 0 bridgehead atoms. The molecule has 0 aliphatic carbocycles. The van der Waals surface area contributed by atoms with E-state index in [1.165, 1.54) is 19.3 Å². The van der Waals surface area contributed by atoms with E-state index in [-0.39, 0.29) is 0 Å². The Kier molecular flexibility index (Phi) is 7.29. The predicted octanol–water partition coefficient (Wildman–Crippen LogP) is 2.13. The summed E-state index contributed by atoms with van der Waals surface area (Å²) < 4.78 is 0. The number of rotatable bonds is 6. The van der Waals surface area contributed by atoms with Crippen molar-refractivity contribution in [1.29, 1.82) is 0 Å². The molecule has 1 radical (unpaired) electrons. The van der Waals surface area contributed by atoms with Crippen molar-refractivity contribution in [3.8, 4) is 5.92 Å². The van der Waals surface area contributed by atoms with Gasteiger partial charge in [0.1, 0.15) is 0 Å². The SMILES string of the molecule is [C]#CCCC(CCCC)NC. The summed E-state index contributed by atoms with van der Waals surface area (Å²) in [6.07, 6.45) is 12.4. The van der Waals surface area contributed by atoms with Gasteiger partial charge in [-0.05, 0) is 26.3 Å². The molecule has 0 saturated heterocycles. The highest BCUT2D eigenvalue weighted by molar-refractivity contribution is 4.78. The molecule has 0 rings (SSSR count). The van der Waals surface area contributed by atoms with E-state index in [2.05, 4.69) is 18.2 Å². The minimum atomic E-state index is 0.591. The van der Waals surface area contributed by atoms with Gasteiger partial charge in [0.25, 0.3) is 0 Å². The number of hydrogen-bond donors (Lipinski definition) is 1. The van der Waals surface area contributed by atoms with Gasteiger partial charge < -0.3 is 5.32 Å². The van der Waals surface area contributed by atoms with Crippen LogP contribution in [-0.2, 0) is 0 Å². The van der Waals surface area contributed by atoms with Crippen LogP contribution in [0.25, 0.3) is 0 Å². The van der Waals surface area contributed by atoms with E-state index in [4.69, 9.17) is 6.42 Å². The second-order valence-corrected chi connectivity index (χ2v) is 2.84. The number of unbranched alkanes of at least 4 members (excludes halogenated alkanes) is 1. The zero-order valence-electron chi connectivity index (χ0n) is 7.61. The molecule has 0 saturated carbocycles. The normalized spacial score (nSPS) is 12.5. The first-order valence-electron chi connectivity index (χ1n) is 4.42. The summed E-state index contributed by atoms with van der Waals surface area (Å²) in [6, 6.07) is 0.591. The van der Waals surface area contributed by atoms with Gasteiger partial charge in [0.15, 0.2) is 0 Å². The fourth-order valence-electron chi connectivity index (χ4n) is 1.13. The second kappa shape index (κ2) is 7.63. The van der Waals surface area contributed by atoms with Gasteiger partial charge in [-0.2, -0.15) is 0 Å². The van der Waals surface area contributed by atoms with Gasteiger partial charge in [0, 0.05) is 12.5 Å². The largest absolute Gasteiger partial charge is 0.317 e. The quantitative estimate of drug-likeness (QED) is 0.575. The first kappa shape index (κ1) is 10.5. The maximum atomic E-state index is 6.77. The maximum absolute atomic E-state index is 6.77. The molecule has 11 heavy (non-hydrogen) atoms. The summed E-state index contributed by atoms with van der Waals surface area (Å²) in [5.74, 6) is 2.42. The minimum absolute atomic E-state index is 0.591. The highest BCUT2D eigenvalue weighted by Gasteiger charge is 2.02. The molecular formula is C10H18N. The molecule has 0 fully saturated rings. The van der Waals surface area contributed by atoms with Crippen molar-refractivity contribution < 1.29 is 0 Å². The molecule has 0 aromatic heterocycles. The molecular weight excluding hydrogens is 134 g/mol. The number of hydrogen-bond acceptors (Lipinski definition) is 1. The van der Waals surface area contributed by atoms with Crippen molar-refractivity contribution in [3.63, 3.8) is 0 Å². The van der Waals surface area contributed by atoms with Crippen LogP contribution in [0.1, 0.15) is 39.0 Å². The molecule has 0 spiro atoms. The zero-order valence-corrected chi connectivity index (χ0v) is 7.61. The first-order chi connectivity index (χ1) is 5.35. The molecule has 0 aliphatic rings. The van der Waals surface area contributed by atoms with Crippen molar-refractivity contribution >= 4 is 0 Å². The van der Waals surface area contributed by atoms with Gasteiger partial charge in [-0.3, -0.25) is 0 Å². The smallest absolute Gasteiger partial charge is 0.0114 e. The molecule has 0 aromatic rings. The van der Waals surface area contributed by atoms with E-state index < -0.39 is 0 Å². The van der Waals surface area contributed by atoms with Crippen LogP contribution in [-0.4, -0.2) is 13.1 Å². The molecule has 0 aromatic carbocycles. The van der Waals surface area contributed by atoms with E-state index >= 15 is 0 Å².